The first-order valence-electron chi connectivity index (χ1n) is 4.12. The molecule has 0 bridgehead atoms. The Morgan fingerprint density at radius 3 is 3.14 bits per heavy atom. The molecular weight excluding hydrogens is 268 g/mol. The number of aromatic amines is 1. The Morgan fingerprint density at radius 1 is 1.79 bits per heavy atom. The maximum atomic E-state index is 11.1. The second kappa shape index (κ2) is 5.53. The summed E-state index contributed by atoms with van der Waals surface area (Å²) in [5, 5.41) is 9.48. The van der Waals surface area contributed by atoms with Gasteiger partial charge < -0.3 is 10.1 Å². The van der Waals surface area contributed by atoms with Crippen molar-refractivity contribution in [3.8, 4) is 0 Å². The van der Waals surface area contributed by atoms with Crippen molar-refractivity contribution in [1.82, 2.24) is 9.97 Å². The molecule has 0 amide bonds. The lowest BCUT2D eigenvalue weighted by Crippen LogP contribution is -2.09. The molecule has 1 rings (SSSR count). The minimum atomic E-state index is -0.181. The van der Waals surface area contributed by atoms with Crippen LogP contribution in [0.25, 0.3) is 0 Å². The zero-order valence-electron chi connectivity index (χ0n) is 7.66. The molecule has 6 heteroatoms. The molecule has 0 spiro atoms. The molecule has 0 fully saturated rings. The Morgan fingerprint density at radius 2 is 2.50 bits per heavy atom. The fourth-order valence-corrected chi connectivity index (χ4v) is 2.20. The van der Waals surface area contributed by atoms with Crippen LogP contribution in [-0.4, -0.2) is 27.4 Å². The van der Waals surface area contributed by atoms with Crippen LogP contribution >= 0.6 is 27.7 Å². The van der Waals surface area contributed by atoms with Crippen LogP contribution in [0.4, 0.5) is 0 Å². The van der Waals surface area contributed by atoms with Crippen molar-refractivity contribution < 1.29 is 5.11 Å². The van der Waals surface area contributed by atoms with E-state index in [2.05, 4.69) is 25.9 Å². The molecule has 14 heavy (non-hydrogen) atoms. The van der Waals surface area contributed by atoms with Crippen molar-refractivity contribution in [1.29, 1.82) is 0 Å². The second-order valence-electron chi connectivity index (χ2n) is 2.95. The van der Waals surface area contributed by atoms with Gasteiger partial charge in [0.2, 0.25) is 0 Å². The lowest BCUT2D eigenvalue weighted by atomic mass is 10.2. The number of nitrogens with zero attached hydrogens (tertiary/aromatic N) is 1. The van der Waals surface area contributed by atoms with Crippen LogP contribution in [0.3, 0.4) is 0 Å². The van der Waals surface area contributed by atoms with E-state index in [0.717, 1.165) is 5.75 Å². The van der Waals surface area contributed by atoms with Crippen LogP contribution in [0.2, 0.25) is 0 Å². The SMILES string of the molecule is CC(CO)CSc1nc[nH]c(=O)c1Br. The summed E-state index contributed by atoms with van der Waals surface area (Å²) >= 11 is 4.62. The minimum Gasteiger partial charge on any atom is -0.396 e. The largest absolute Gasteiger partial charge is 0.396 e. The number of aliphatic hydroxyl groups is 1. The molecule has 1 atom stereocenters. The van der Waals surface area contributed by atoms with E-state index >= 15 is 0 Å². The third kappa shape index (κ3) is 3.11. The van der Waals surface area contributed by atoms with E-state index < -0.39 is 0 Å². The first kappa shape index (κ1) is 11.7. The number of nitrogens with one attached hydrogen (secondary N) is 1. The monoisotopic (exact) mass is 278 g/mol. The number of thioether (sulfide) groups is 1. The van der Waals surface area contributed by atoms with Gasteiger partial charge in [-0.1, -0.05) is 6.92 Å². The highest BCUT2D eigenvalue weighted by Gasteiger charge is 2.07. The van der Waals surface area contributed by atoms with Gasteiger partial charge in [0.25, 0.3) is 5.56 Å². The molecule has 78 valence electrons. The van der Waals surface area contributed by atoms with E-state index in [4.69, 9.17) is 5.11 Å². The van der Waals surface area contributed by atoms with Crippen molar-refractivity contribution in [2.24, 2.45) is 5.92 Å². The van der Waals surface area contributed by atoms with Gasteiger partial charge in [-0.05, 0) is 21.8 Å². The summed E-state index contributed by atoms with van der Waals surface area (Å²) < 4.78 is 0.454. The number of H-pyrrole nitrogens is 1. The van der Waals surface area contributed by atoms with Crippen LogP contribution in [-0.2, 0) is 0 Å². The summed E-state index contributed by atoms with van der Waals surface area (Å²) in [6.45, 7) is 2.09. The first-order valence-corrected chi connectivity index (χ1v) is 5.90. The van der Waals surface area contributed by atoms with Gasteiger partial charge >= 0.3 is 0 Å². The van der Waals surface area contributed by atoms with Gasteiger partial charge in [0, 0.05) is 12.4 Å². The van der Waals surface area contributed by atoms with E-state index in [1.807, 2.05) is 6.92 Å². The maximum Gasteiger partial charge on any atom is 0.266 e. The Bertz CT molecular complexity index is 355. The Hall–Kier alpha value is -0.330. The number of hydrogen-bond donors (Lipinski definition) is 2. The molecule has 4 nitrogen and oxygen atoms in total. The molecule has 1 aromatic heterocycles. The highest BCUT2D eigenvalue weighted by atomic mass is 79.9. The number of halogens is 1. The van der Waals surface area contributed by atoms with Gasteiger partial charge in [-0.15, -0.1) is 11.8 Å². The van der Waals surface area contributed by atoms with Crippen LogP contribution < -0.4 is 5.56 Å². The molecule has 0 radical (unpaired) electrons. The highest BCUT2D eigenvalue weighted by molar-refractivity contribution is 9.10. The highest BCUT2D eigenvalue weighted by Crippen LogP contribution is 2.23. The summed E-state index contributed by atoms with van der Waals surface area (Å²) in [6.07, 6.45) is 1.37. The topological polar surface area (TPSA) is 66.0 Å². The molecule has 0 aromatic carbocycles. The predicted molar refractivity (Wildman–Crippen MR) is 59.5 cm³/mol. The van der Waals surface area contributed by atoms with Gasteiger partial charge in [-0.3, -0.25) is 4.79 Å². The minimum absolute atomic E-state index is 0.147. The van der Waals surface area contributed by atoms with Gasteiger partial charge in [-0.25, -0.2) is 4.98 Å². The number of hydrogen-bond acceptors (Lipinski definition) is 4. The summed E-state index contributed by atoms with van der Waals surface area (Å²) in [6, 6.07) is 0. The average molecular weight is 279 g/mol. The molecular formula is C8H11BrN2O2S. The van der Waals surface area contributed by atoms with Gasteiger partial charge in [-0.2, -0.15) is 0 Å². The molecule has 0 aliphatic rings. The van der Waals surface area contributed by atoms with Crippen molar-refractivity contribution in [3.63, 3.8) is 0 Å². The number of rotatable bonds is 4. The summed E-state index contributed by atoms with van der Waals surface area (Å²) in [5.74, 6) is 0.943. The molecule has 0 saturated heterocycles. The molecule has 1 aromatic rings. The van der Waals surface area contributed by atoms with E-state index in [9.17, 15) is 4.79 Å². The van der Waals surface area contributed by atoms with Crippen LogP contribution in [0.1, 0.15) is 6.92 Å². The Balaban J connectivity index is 2.68. The predicted octanol–water partition coefficient (Wildman–Crippen LogP) is 1.25. The molecule has 0 aliphatic carbocycles. The first-order chi connectivity index (χ1) is 6.65. The van der Waals surface area contributed by atoms with Gasteiger partial charge in [0.05, 0.1) is 6.33 Å². The zero-order chi connectivity index (χ0) is 10.6. The summed E-state index contributed by atoms with van der Waals surface area (Å²) in [5.41, 5.74) is -0.181. The second-order valence-corrected chi connectivity index (χ2v) is 4.75. The average Bonchev–Trinajstić information content (AvgIpc) is 2.20. The normalized spacial score (nSPS) is 12.8. The van der Waals surface area contributed by atoms with E-state index in [1.165, 1.54) is 18.1 Å². The van der Waals surface area contributed by atoms with Crippen molar-refractivity contribution >= 4 is 27.7 Å². The fraction of sp³-hybridized carbons (Fsp3) is 0.500. The number of aliphatic hydroxyl groups excluding tert-OH is 1. The summed E-state index contributed by atoms with van der Waals surface area (Å²) in [7, 11) is 0. The Kier molecular flexibility index (Phi) is 4.64. The Labute approximate surface area is 94.3 Å². The van der Waals surface area contributed by atoms with Crippen molar-refractivity contribution in [2.75, 3.05) is 12.4 Å². The van der Waals surface area contributed by atoms with Crippen molar-refractivity contribution in [3.05, 3.63) is 21.2 Å². The lowest BCUT2D eigenvalue weighted by Gasteiger charge is -2.06. The van der Waals surface area contributed by atoms with Crippen molar-refractivity contribution in [2.45, 2.75) is 11.9 Å². The van der Waals surface area contributed by atoms with Crippen LogP contribution in [0.5, 0.6) is 0 Å². The number of aromatic nitrogens is 2. The standard InChI is InChI=1S/C8H11BrN2O2S/c1-5(2-12)3-14-8-6(9)7(13)10-4-11-8/h4-5,12H,2-3H2,1H3,(H,10,11,13). The maximum absolute atomic E-state index is 11.1. The molecule has 1 unspecified atom stereocenters. The van der Waals surface area contributed by atoms with E-state index in [-0.39, 0.29) is 18.1 Å². The fourth-order valence-electron chi connectivity index (χ4n) is 0.741. The molecule has 0 saturated carbocycles. The summed E-state index contributed by atoms with van der Waals surface area (Å²) in [4.78, 5) is 17.6. The molecule has 1 heterocycles. The van der Waals surface area contributed by atoms with Gasteiger partial charge in [0.1, 0.15) is 9.50 Å². The quantitative estimate of drug-likeness (QED) is 0.643. The molecule has 2 N–H and O–H groups in total. The smallest absolute Gasteiger partial charge is 0.266 e. The van der Waals surface area contributed by atoms with Crippen LogP contribution in [0, 0.1) is 5.92 Å². The van der Waals surface area contributed by atoms with Gasteiger partial charge in [0.15, 0.2) is 0 Å². The third-order valence-corrected chi connectivity index (χ3v) is 3.90. The third-order valence-electron chi connectivity index (χ3n) is 1.58. The van der Waals surface area contributed by atoms with Crippen LogP contribution in [0.15, 0.2) is 20.6 Å². The molecule has 0 aliphatic heterocycles. The van der Waals surface area contributed by atoms with E-state index in [0.29, 0.717) is 9.50 Å². The lowest BCUT2D eigenvalue weighted by molar-refractivity contribution is 0.250. The zero-order valence-corrected chi connectivity index (χ0v) is 10.1. The van der Waals surface area contributed by atoms with E-state index in [1.54, 1.807) is 0 Å².